The Bertz CT molecular complexity index is 716. The van der Waals surface area contributed by atoms with Gasteiger partial charge in [-0.3, -0.25) is 9.59 Å². The number of carbonyl (C=O) groups is 2. The largest absolute Gasteiger partial charge is 0.310 e. The van der Waals surface area contributed by atoms with Gasteiger partial charge >= 0.3 is 0 Å². The minimum absolute atomic E-state index is 0.153. The van der Waals surface area contributed by atoms with Gasteiger partial charge in [0, 0.05) is 29.7 Å². The van der Waals surface area contributed by atoms with Crippen LogP contribution < -0.4 is 15.8 Å². The monoisotopic (exact) mass is 284 g/mol. The molecule has 1 fully saturated rings. The first-order chi connectivity index (χ1) is 10.1. The molecule has 0 aliphatic carbocycles. The lowest BCUT2D eigenvalue weighted by molar-refractivity contribution is -0.117. The zero-order valence-electron chi connectivity index (χ0n) is 11.7. The molecule has 1 aromatic heterocycles. The van der Waals surface area contributed by atoms with Crippen LogP contribution in [0.5, 0.6) is 0 Å². The topological polar surface area (TPSA) is 79.5 Å². The van der Waals surface area contributed by atoms with Crippen molar-refractivity contribution in [1.29, 1.82) is 0 Å². The zero-order valence-corrected chi connectivity index (χ0v) is 11.7. The van der Waals surface area contributed by atoms with Crippen molar-refractivity contribution in [1.82, 2.24) is 4.98 Å². The molecule has 21 heavy (non-hydrogen) atoms. The third-order valence-electron chi connectivity index (χ3n) is 3.83. The fraction of sp³-hybridized carbons (Fsp3) is 0.267. The van der Waals surface area contributed by atoms with Crippen LogP contribution in [0.1, 0.15) is 19.8 Å². The molecule has 108 valence electrons. The average Bonchev–Trinajstić information content (AvgIpc) is 2.84. The number of anilines is 2. The van der Waals surface area contributed by atoms with Crippen LogP contribution in [0.4, 0.5) is 11.5 Å². The number of fused-ring (bicyclic) bond motifs is 1. The van der Waals surface area contributed by atoms with Gasteiger partial charge in [-0.15, -0.1) is 0 Å². The molecular formula is C15H16N4O2. The number of hydrogen-bond donors (Lipinski definition) is 1. The van der Waals surface area contributed by atoms with E-state index in [1.54, 1.807) is 12.3 Å². The summed E-state index contributed by atoms with van der Waals surface area (Å²) in [5.41, 5.74) is 0.882. The van der Waals surface area contributed by atoms with Crippen molar-refractivity contribution < 1.29 is 9.59 Å². The summed E-state index contributed by atoms with van der Waals surface area (Å²) in [5.74, 6) is 6.04. The molecule has 6 nitrogen and oxygen atoms in total. The number of pyridine rings is 1. The summed E-state index contributed by atoms with van der Waals surface area (Å²) in [6.45, 7) is 2.05. The van der Waals surface area contributed by atoms with E-state index in [4.69, 9.17) is 5.84 Å². The Morgan fingerprint density at radius 2 is 2.19 bits per heavy atom. The van der Waals surface area contributed by atoms with E-state index < -0.39 is 0 Å². The molecule has 0 spiro atoms. The molecule has 1 aliphatic rings. The first-order valence-electron chi connectivity index (χ1n) is 6.81. The van der Waals surface area contributed by atoms with Crippen LogP contribution in [0.2, 0.25) is 0 Å². The fourth-order valence-electron chi connectivity index (χ4n) is 2.69. The molecule has 1 aliphatic heterocycles. The molecule has 2 aromatic rings. The molecule has 6 heteroatoms. The smallest absolute Gasteiger partial charge is 0.229 e. The highest BCUT2D eigenvalue weighted by molar-refractivity contribution is 5.98. The summed E-state index contributed by atoms with van der Waals surface area (Å²) in [4.78, 5) is 28.6. The summed E-state index contributed by atoms with van der Waals surface area (Å²) in [5, 5.41) is 2.75. The van der Waals surface area contributed by atoms with Gasteiger partial charge in [-0.2, -0.15) is 0 Å². The van der Waals surface area contributed by atoms with E-state index in [9.17, 15) is 9.59 Å². The van der Waals surface area contributed by atoms with Gasteiger partial charge in [0.2, 0.25) is 12.3 Å². The Morgan fingerprint density at radius 1 is 1.38 bits per heavy atom. The molecule has 1 unspecified atom stereocenters. The second-order valence-electron chi connectivity index (χ2n) is 5.24. The summed E-state index contributed by atoms with van der Waals surface area (Å²) < 4.78 is 0. The van der Waals surface area contributed by atoms with E-state index in [0.717, 1.165) is 27.9 Å². The van der Waals surface area contributed by atoms with Crippen molar-refractivity contribution in [2.75, 3.05) is 9.91 Å². The maximum absolute atomic E-state index is 12.0. The first kappa shape index (κ1) is 13.5. The third-order valence-corrected chi connectivity index (χ3v) is 3.83. The number of nitrogens with zero attached hydrogens (tertiary/aromatic N) is 3. The van der Waals surface area contributed by atoms with Gasteiger partial charge in [-0.05, 0) is 36.9 Å². The molecule has 2 N–H and O–H groups in total. The van der Waals surface area contributed by atoms with Crippen molar-refractivity contribution in [2.45, 2.75) is 25.8 Å². The molecule has 0 radical (unpaired) electrons. The molecule has 1 aromatic carbocycles. The second kappa shape index (κ2) is 5.14. The lowest BCUT2D eigenvalue weighted by atomic mass is 10.1. The number of benzene rings is 1. The van der Waals surface area contributed by atoms with E-state index in [1.807, 2.05) is 30.0 Å². The lowest BCUT2D eigenvalue weighted by Crippen LogP contribution is -2.30. The fourth-order valence-corrected chi connectivity index (χ4v) is 2.69. The highest BCUT2D eigenvalue weighted by Gasteiger charge is 2.28. The standard InChI is InChI=1S/C15H16N4O2/c1-10-2-5-15(21)19(10)13-4-3-11-7-14(18(16)9-20)17-8-12(11)6-13/h3-4,6-10H,2,5,16H2,1H3. The van der Waals surface area contributed by atoms with Gasteiger partial charge in [0.15, 0.2) is 0 Å². The van der Waals surface area contributed by atoms with Crippen LogP contribution in [-0.2, 0) is 9.59 Å². The van der Waals surface area contributed by atoms with Crippen LogP contribution in [-0.4, -0.2) is 23.3 Å². The number of carbonyl (C=O) groups excluding carboxylic acids is 2. The number of aromatic nitrogens is 1. The summed E-state index contributed by atoms with van der Waals surface area (Å²) in [6.07, 6.45) is 3.64. The first-order valence-corrected chi connectivity index (χ1v) is 6.81. The molecule has 3 rings (SSSR count). The number of hydrogen-bond acceptors (Lipinski definition) is 4. The van der Waals surface area contributed by atoms with Crippen molar-refractivity contribution in [3.05, 3.63) is 30.5 Å². The van der Waals surface area contributed by atoms with Gasteiger partial charge in [-0.25, -0.2) is 15.8 Å². The van der Waals surface area contributed by atoms with Crippen LogP contribution in [0.15, 0.2) is 30.5 Å². The average molecular weight is 284 g/mol. The summed E-state index contributed by atoms with van der Waals surface area (Å²) >= 11 is 0. The minimum atomic E-state index is 0.153. The summed E-state index contributed by atoms with van der Waals surface area (Å²) in [7, 11) is 0. The van der Waals surface area contributed by atoms with E-state index in [1.165, 1.54) is 0 Å². The Hall–Kier alpha value is -2.47. The molecule has 1 atom stereocenters. The molecule has 1 saturated heterocycles. The van der Waals surface area contributed by atoms with Gasteiger partial charge < -0.3 is 4.90 Å². The number of nitrogens with two attached hydrogens (primary N) is 1. The minimum Gasteiger partial charge on any atom is -0.310 e. The van der Waals surface area contributed by atoms with Crippen molar-refractivity contribution >= 4 is 34.6 Å². The predicted molar refractivity (Wildman–Crippen MR) is 80.7 cm³/mol. The van der Waals surface area contributed by atoms with Crippen molar-refractivity contribution in [3.63, 3.8) is 0 Å². The number of hydrazine groups is 1. The van der Waals surface area contributed by atoms with Gasteiger partial charge in [-0.1, -0.05) is 6.07 Å². The number of amides is 2. The highest BCUT2D eigenvalue weighted by atomic mass is 16.2. The molecule has 0 bridgehead atoms. The Morgan fingerprint density at radius 3 is 2.86 bits per heavy atom. The zero-order chi connectivity index (χ0) is 15.0. The maximum atomic E-state index is 12.0. The van der Waals surface area contributed by atoms with Crippen LogP contribution in [0, 0.1) is 0 Å². The van der Waals surface area contributed by atoms with Crippen LogP contribution >= 0.6 is 0 Å². The van der Waals surface area contributed by atoms with E-state index in [-0.39, 0.29) is 11.9 Å². The highest BCUT2D eigenvalue weighted by Crippen LogP contribution is 2.29. The molecule has 2 heterocycles. The molecular weight excluding hydrogens is 268 g/mol. The summed E-state index contributed by atoms with van der Waals surface area (Å²) in [6, 6.07) is 7.72. The Labute approximate surface area is 122 Å². The predicted octanol–water partition coefficient (Wildman–Crippen LogP) is 1.59. The Kier molecular flexibility index (Phi) is 3.31. The second-order valence-corrected chi connectivity index (χ2v) is 5.24. The molecule has 2 amide bonds. The van der Waals surface area contributed by atoms with E-state index >= 15 is 0 Å². The number of rotatable bonds is 3. The van der Waals surface area contributed by atoms with Crippen LogP contribution in [0.25, 0.3) is 10.8 Å². The van der Waals surface area contributed by atoms with Crippen LogP contribution in [0.3, 0.4) is 0 Å². The van der Waals surface area contributed by atoms with E-state index in [0.29, 0.717) is 18.6 Å². The van der Waals surface area contributed by atoms with Gasteiger partial charge in [0.05, 0.1) is 0 Å². The van der Waals surface area contributed by atoms with Gasteiger partial charge in [0.25, 0.3) is 0 Å². The normalized spacial score (nSPS) is 18.3. The Balaban J connectivity index is 2.01. The van der Waals surface area contributed by atoms with Crippen molar-refractivity contribution in [2.24, 2.45) is 5.84 Å². The maximum Gasteiger partial charge on any atom is 0.229 e. The quantitative estimate of drug-likeness (QED) is 0.402. The SMILES string of the molecule is CC1CCC(=O)N1c1ccc2cc(N(N)C=O)ncc2c1. The lowest BCUT2D eigenvalue weighted by Gasteiger charge is -2.22. The third kappa shape index (κ3) is 2.34. The molecule has 0 saturated carbocycles. The van der Waals surface area contributed by atoms with E-state index in [2.05, 4.69) is 4.98 Å². The van der Waals surface area contributed by atoms with Crippen molar-refractivity contribution in [3.8, 4) is 0 Å². The van der Waals surface area contributed by atoms with Gasteiger partial charge in [0.1, 0.15) is 5.82 Å².